The topological polar surface area (TPSA) is 59.2 Å². The Morgan fingerprint density at radius 1 is 1.47 bits per heavy atom. The Morgan fingerprint density at radius 3 is 2.94 bits per heavy atom. The van der Waals surface area contributed by atoms with Crippen molar-refractivity contribution in [3.8, 4) is 17.2 Å². The second kappa shape index (κ2) is 3.74. The normalized spacial score (nSPS) is 22.7. The van der Waals surface area contributed by atoms with Gasteiger partial charge in [-0.05, 0) is 30.5 Å². The van der Waals surface area contributed by atoms with Gasteiger partial charge in [0.1, 0.15) is 5.75 Å². The van der Waals surface area contributed by atoms with Crippen LogP contribution < -0.4 is 0 Å². The van der Waals surface area contributed by atoms with Crippen LogP contribution in [-0.2, 0) is 0 Å². The Kier molecular flexibility index (Phi) is 2.33. The molecular formula is C12H11ClN2O2. The zero-order chi connectivity index (χ0) is 12.0. The fraction of sp³-hybridized carbons (Fsp3) is 0.333. The van der Waals surface area contributed by atoms with Gasteiger partial charge in [0.25, 0.3) is 5.89 Å². The molecule has 0 aliphatic heterocycles. The summed E-state index contributed by atoms with van der Waals surface area (Å²) in [5.41, 5.74) is 0.568. The van der Waals surface area contributed by atoms with Gasteiger partial charge in [-0.15, -0.1) is 0 Å². The molecule has 17 heavy (non-hydrogen) atoms. The Hall–Kier alpha value is -1.55. The molecule has 88 valence electrons. The average molecular weight is 251 g/mol. The molecule has 1 heterocycles. The lowest BCUT2D eigenvalue weighted by Gasteiger charge is -1.98. The molecule has 2 aromatic rings. The van der Waals surface area contributed by atoms with Gasteiger partial charge in [0.05, 0.1) is 10.6 Å². The summed E-state index contributed by atoms with van der Waals surface area (Å²) in [5, 5.41) is 13.9. The number of rotatable bonds is 2. The molecule has 1 N–H and O–H groups in total. The average Bonchev–Trinajstić information content (AvgIpc) is 2.85. The van der Waals surface area contributed by atoms with Gasteiger partial charge < -0.3 is 9.63 Å². The number of hydrogen-bond donors (Lipinski definition) is 1. The minimum atomic E-state index is 0.129. The molecule has 1 saturated carbocycles. The number of phenolic OH excluding ortho intramolecular Hbond substituents is 1. The van der Waals surface area contributed by atoms with E-state index in [1.165, 1.54) is 12.1 Å². The zero-order valence-corrected chi connectivity index (χ0v) is 9.98. The van der Waals surface area contributed by atoms with Crippen LogP contribution in [0.25, 0.3) is 11.5 Å². The van der Waals surface area contributed by atoms with Crippen molar-refractivity contribution < 1.29 is 9.63 Å². The lowest BCUT2D eigenvalue weighted by atomic mass is 10.2. The predicted molar refractivity (Wildman–Crippen MR) is 62.9 cm³/mol. The van der Waals surface area contributed by atoms with Crippen LogP contribution in [0.1, 0.15) is 25.1 Å². The quantitative estimate of drug-likeness (QED) is 0.889. The van der Waals surface area contributed by atoms with Crippen molar-refractivity contribution in [3.05, 3.63) is 29.0 Å². The highest BCUT2D eigenvalue weighted by atomic mass is 35.5. The molecular weight excluding hydrogens is 240 g/mol. The number of nitrogens with zero attached hydrogens (tertiary/aromatic N) is 2. The van der Waals surface area contributed by atoms with Crippen LogP contribution >= 0.6 is 11.6 Å². The van der Waals surface area contributed by atoms with E-state index >= 15 is 0 Å². The number of aromatic hydroxyl groups is 1. The number of halogens is 1. The van der Waals surface area contributed by atoms with Crippen molar-refractivity contribution >= 4 is 11.6 Å². The van der Waals surface area contributed by atoms with E-state index in [2.05, 4.69) is 17.1 Å². The molecule has 0 radical (unpaired) electrons. The van der Waals surface area contributed by atoms with Crippen molar-refractivity contribution in [2.45, 2.75) is 19.3 Å². The van der Waals surface area contributed by atoms with Crippen molar-refractivity contribution in [2.75, 3.05) is 0 Å². The van der Waals surface area contributed by atoms with E-state index in [9.17, 15) is 5.11 Å². The van der Waals surface area contributed by atoms with E-state index in [1.54, 1.807) is 6.07 Å². The molecule has 0 spiro atoms. The van der Waals surface area contributed by atoms with E-state index in [0.717, 1.165) is 12.2 Å². The summed E-state index contributed by atoms with van der Waals surface area (Å²) in [7, 11) is 0. The highest BCUT2D eigenvalue weighted by Crippen LogP contribution is 2.46. The maximum atomic E-state index is 9.42. The van der Waals surface area contributed by atoms with Gasteiger partial charge in [0.15, 0.2) is 5.82 Å². The van der Waals surface area contributed by atoms with Gasteiger partial charge in [-0.1, -0.05) is 23.7 Å². The Bertz CT molecular complexity index is 567. The molecule has 2 atom stereocenters. The van der Waals surface area contributed by atoms with Crippen LogP contribution in [-0.4, -0.2) is 15.2 Å². The summed E-state index contributed by atoms with van der Waals surface area (Å²) in [6, 6.07) is 4.65. The molecule has 1 aromatic heterocycles. The molecule has 0 bridgehead atoms. The standard InChI is InChI=1S/C12H11ClN2O2/c1-6-4-8(6)11-14-12(17-15-11)9-5-7(16)2-3-10(9)13/h2-3,5-6,8,16H,4H2,1H3. The van der Waals surface area contributed by atoms with Crippen LogP contribution in [0, 0.1) is 5.92 Å². The van der Waals surface area contributed by atoms with Crippen LogP contribution in [0.2, 0.25) is 5.02 Å². The fourth-order valence-electron chi connectivity index (χ4n) is 1.85. The Labute approximate surface area is 103 Å². The highest BCUT2D eigenvalue weighted by Gasteiger charge is 2.38. The summed E-state index contributed by atoms with van der Waals surface area (Å²) in [6.07, 6.45) is 1.10. The van der Waals surface area contributed by atoms with E-state index in [0.29, 0.717) is 28.3 Å². The predicted octanol–water partition coefficient (Wildman–Crippen LogP) is 3.22. The monoisotopic (exact) mass is 250 g/mol. The second-order valence-electron chi connectivity index (χ2n) is 4.44. The first-order valence-electron chi connectivity index (χ1n) is 5.47. The lowest BCUT2D eigenvalue weighted by Crippen LogP contribution is -1.85. The third-order valence-electron chi connectivity index (χ3n) is 3.06. The van der Waals surface area contributed by atoms with Crippen molar-refractivity contribution in [2.24, 2.45) is 5.92 Å². The van der Waals surface area contributed by atoms with Crippen LogP contribution in [0.4, 0.5) is 0 Å². The van der Waals surface area contributed by atoms with Gasteiger partial charge in [0, 0.05) is 5.92 Å². The minimum absolute atomic E-state index is 0.129. The molecule has 1 fully saturated rings. The molecule has 3 rings (SSSR count). The zero-order valence-electron chi connectivity index (χ0n) is 9.22. The maximum absolute atomic E-state index is 9.42. The van der Waals surface area contributed by atoms with Crippen LogP contribution in [0.5, 0.6) is 5.75 Å². The smallest absolute Gasteiger partial charge is 0.259 e. The molecule has 1 aromatic carbocycles. The third-order valence-corrected chi connectivity index (χ3v) is 3.39. The first-order valence-corrected chi connectivity index (χ1v) is 5.85. The van der Waals surface area contributed by atoms with Crippen molar-refractivity contribution in [1.29, 1.82) is 0 Å². The van der Waals surface area contributed by atoms with Gasteiger partial charge in [-0.2, -0.15) is 4.98 Å². The number of phenols is 1. The maximum Gasteiger partial charge on any atom is 0.259 e. The highest BCUT2D eigenvalue weighted by molar-refractivity contribution is 6.33. The van der Waals surface area contributed by atoms with Crippen molar-refractivity contribution in [1.82, 2.24) is 10.1 Å². The number of hydrogen-bond acceptors (Lipinski definition) is 4. The summed E-state index contributed by atoms with van der Waals surface area (Å²) in [5.74, 6) is 2.25. The molecule has 0 saturated heterocycles. The van der Waals surface area contributed by atoms with E-state index in [-0.39, 0.29) is 5.75 Å². The largest absolute Gasteiger partial charge is 0.508 e. The molecule has 1 aliphatic rings. The summed E-state index contributed by atoms with van der Waals surface area (Å²) >= 11 is 6.02. The van der Waals surface area contributed by atoms with E-state index in [1.807, 2.05) is 0 Å². The Morgan fingerprint density at radius 2 is 2.24 bits per heavy atom. The minimum Gasteiger partial charge on any atom is -0.508 e. The molecule has 0 amide bonds. The summed E-state index contributed by atoms with van der Waals surface area (Å²) in [6.45, 7) is 2.15. The fourth-order valence-corrected chi connectivity index (χ4v) is 2.05. The molecule has 4 nitrogen and oxygen atoms in total. The van der Waals surface area contributed by atoms with E-state index < -0.39 is 0 Å². The van der Waals surface area contributed by atoms with Gasteiger partial charge in [0.2, 0.25) is 0 Å². The Balaban J connectivity index is 1.98. The van der Waals surface area contributed by atoms with Gasteiger partial charge in [-0.3, -0.25) is 0 Å². The first kappa shape index (κ1) is 10.6. The van der Waals surface area contributed by atoms with Gasteiger partial charge >= 0.3 is 0 Å². The molecule has 5 heteroatoms. The molecule has 1 aliphatic carbocycles. The van der Waals surface area contributed by atoms with Crippen LogP contribution in [0.15, 0.2) is 22.7 Å². The number of aromatic nitrogens is 2. The summed E-state index contributed by atoms with van der Waals surface area (Å²) < 4.78 is 5.18. The second-order valence-corrected chi connectivity index (χ2v) is 4.85. The van der Waals surface area contributed by atoms with Crippen molar-refractivity contribution in [3.63, 3.8) is 0 Å². The SMILES string of the molecule is CC1CC1c1noc(-c2cc(O)ccc2Cl)n1. The number of benzene rings is 1. The van der Waals surface area contributed by atoms with Crippen LogP contribution in [0.3, 0.4) is 0 Å². The third kappa shape index (κ3) is 1.89. The first-order chi connectivity index (χ1) is 8.15. The van der Waals surface area contributed by atoms with E-state index in [4.69, 9.17) is 16.1 Å². The van der Waals surface area contributed by atoms with Gasteiger partial charge in [-0.25, -0.2) is 0 Å². The summed E-state index contributed by atoms with van der Waals surface area (Å²) in [4.78, 5) is 4.32. The molecule has 2 unspecified atom stereocenters. The lowest BCUT2D eigenvalue weighted by molar-refractivity contribution is 0.421.